The highest BCUT2D eigenvalue weighted by Crippen LogP contribution is 2.27. The van der Waals surface area contributed by atoms with Gasteiger partial charge in [0.25, 0.3) is 0 Å². The monoisotopic (exact) mass is 281 g/mol. The standard InChI is InChI=1S/C17H35N3/c1-5-17(4,13-18-15-8-9-15)14-19-11-10-16(12-19)20(6-2)7-3/h15-16,18H,5-14H2,1-4H3. The average molecular weight is 281 g/mol. The number of nitrogens with one attached hydrogen (secondary N) is 1. The zero-order chi connectivity index (χ0) is 14.6. The highest BCUT2D eigenvalue weighted by molar-refractivity contribution is 4.90. The van der Waals surface area contributed by atoms with Crippen LogP contribution in [0.5, 0.6) is 0 Å². The summed E-state index contributed by atoms with van der Waals surface area (Å²) >= 11 is 0. The molecule has 0 aromatic rings. The van der Waals surface area contributed by atoms with Gasteiger partial charge in [0.05, 0.1) is 0 Å². The fraction of sp³-hybridized carbons (Fsp3) is 1.00. The molecule has 0 spiro atoms. The molecule has 2 aliphatic rings. The zero-order valence-corrected chi connectivity index (χ0v) is 14.1. The second-order valence-electron chi connectivity index (χ2n) is 7.22. The number of nitrogens with zero attached hydrogens (tertiary/aromatic N) is 2. The van der Waals surface area contributed by atoms with E-state index in [-0.39, 0.29) is 0 Å². The summed E-state index contributed by atoms with van der Waals surface area (Å²) in [4.78, 5) is 5.34. The van der Waals surface area contributed by atoms with Crippen molar-refractivity contribution in [2.24, 2.45) is 5.41 Å². The normalized spacial score (nSPS) is 27.1. The van der Waals surface area contributed by atoms with Crippen LogP contribution >= 0.6 is 0 Å². The first-order valence-corrected chi connectivity index (χ1v) is 8.80. The largest absolute Gasteiger partial charge is 0.313 e. The van der Waals surface area contributed by atoms with Gasteiger partial charge in [0, 0.05) is 31.7 Å². The van der Waals surface area contributed by atoms with Crippen molar-refractivity contribution in [1.82, 2.24) is 15.1 Å². The van der Waals surface area contributed by atoms with Gasteiger partial charge >= 0.3 is 0 Å². The predicted octanol–water partition coefficient (Wildman–Crippen LogP) is 2.57. The van der Waals surface area contributed by atoms with Crippen LogP contribution in [0.4, 0.5) is 0 Å². The Morgan fingerprint density at radius 2 is 1.85 bits per heavy atom. The van der Waals surface area contributed by atoms with Crippen molar-refractivity contribution in [3.8, 4) is 0 Å². The lowest BCUT2D eigenvalue weighted by Crippen LogP contribution is -2.43. The summed E-state index contributed by atoms with van der Waals surface area (Å²) in [5, 5.41) is 3.74. The number of hydrogen-bond acceptors (Lipinski definition) is 3. The zero-order valence-electron chi connectivity index (χ0n) is 14.1. The van der Waals surface area contributed by atoms with Crippen LogP contribution in [0.25, 0.3) is 0 Å². The van der Waals surface area contributed by atoms with E-state index in [4.69, 9.17) is 0 Å². The molecule has 0 aromatic heterocycles. The molecule has 2 atom stereocenters. The Labute approximate surface area is 126 Å². The van der Waals surface area contributed by atoms with Gasteiger partial charge in [0.15, 0.2) is 0 Å². The third kappa shape index (κ3) is 4.44. The van der Waals surface area contributed by atoms with E-state index in [1.165, 1.54) is 65.0 Å². The predicted molar refractivity (Wildman–Crippen MR) is 87.2 cm³/mol. The number of likely N-dealkylation sites (tertiary alicyclic amines) is 1. The second-order valence-corrected chi connectivity index (χ2v) is 7.22. The van der Waals surface area contributed by atoms with Crippen LogP contribution in [0.3, 0.4) is 0 Å². The van der Waals surface area contributed by atoms with Gasteiger partial charge in [-0.1, -0.05) is 27.7 Å². The van der Waals surface area contributed by atoms with Crippen LogP contribution in [0, 0.1) is 5.41 Å². The lowest BCUT2D eigenvalue weighted by molar-refractivity contribution is 0.159. The molecule has 1 aliphatic carbocycles. The summed E-state index contributed by atoms with van der Waals surface area (Å²) in [5.41, 5.74) is 0.445. The number of likely N-dealkylation sites (N-methyl/N-ethyl adjacent to an activating group) is 1. The minimum absolute atomic E-state index is 0.445. The Morgan fingerprint density at radius 3 is 2.40 bits per heavy atom. The average Bonchev–Trinajstić information content (AvgIpc) is 3.18. The van der Waals surface area contributed by atoms with Crippen LogP contribution in [0.2, 0.25) is 0 Å². The fourth-order valence-electron chi connectivity index (χ4n) is 3.50. The van der Waals surface area contributed by atoms with Crippen LogP contribution < -0.4 is 5.32 Å². The summed E-state index contributed by atoms with van der Waals surface area (Å²) in [6.07, 6.45) is 5.43. The molecule has 1 heterocycles. The summed E-state index contributed by atoms with van der Waals surface area (Å²) < 4.78 is 0. The highest BCUT2D eigenvalue weighted by atomic mass is 15.3. The SMILES string of the molecule is CCN(CC)C1CCN(CC(C)(CC)CNC2CC2)C1. The van der Waals surface area contributed by atoms with Gasteiger partial charge in [-0.25, -0.2) is 0 Å². The lowest BCUT2D eigenvalue weighted by Gasteiger charge is -2.34. The Kier molecular flexibility index (Phi) is 5.88. The van der Waals surface area contributed by atoms with Crippen LogP contribution in [-0.2, 0) is 0 Å². The van der Waals surface area contributed by atoms with Crippen molar-refractivity contribution in [3.63, 3.8) is 0 Å². The maximum atomic E-state index is 3.74. The smallest absolute Gasteiger partial charge is 0.0235 e. The van der Waals surface area contributed by atoms with E-state index in [1.807, 2.05) is 0 Å². The molecule has 2 rings (SSSR count). The molecule has 1 aliphatic heterocycles. The van der Waals surface area contributed by atoms with Gasteiger partial charge in [0.1, 0.15) is 0 Å². The number of rotatable bonds is 9. The van der Waals surface area contributed by atoms with Gasteiger partial charge in [0.2, 0.25) is 0 Å². The summed E-state index contributed by atoms with van der Waals surface area (Å²) in [6.45, 7) is 16.8. The number of hydrogen-bond donors (Lipinski definition) is 1. The van der Waals surface area contributed by atoms with Gasteiger partial charge < -0.3 is 10.2 Å². The molecule has 0 aromatic carbocycles. The van der Waals surface area contributed by atoms with E-state index in [0.717, 1.165) is 12.1 Å². The van der Waals surface area contributed by atoms with Crippen molar-refractivity contribution in [2.75, 3.05) is 39.3 Å². The van der Waals surface area contributed by atoms with Crippen molar-refractivity contribution in [1.29, 1.82) is 0 Å². The fourth-order valence-corrected chi connectivity index (χ4v) is 3.50. The Hall–Kier alpha value is -0.120. The third-order valence-corrected chi connectivity index (χ3v) is 5.43. The minimum atomic E-state index is 0.445. The summed E-state index contributed by atoms with van der Waals surface area (Å²) in [7, 11) is 0. The first-order chi connectivity index (χ1) is 9.60. The maximum absolute atomic E-state index is 3.74. The molecule has 1 saturated carbocycles. The second kappa shape index (κ2) is 7.24. The van der Waals surface area contributed by atoms with Crippen molar-refractivity contribution >= 4 is 0 Å². The summed E-state index contributed by atoms with van der Waals surface area (Å²) in [6, 6.07) is 1.63. The third-order valence-electron chi connectivity index (χ3n) is 5.43. The molecule has 1 N–H and O–H groups in total. The Balaban J connectivity index is 1.79. The quantitative estimate of drug-likeness (QED) is 0.701. The Morgan fingerprint density at radius 1 is 1.15 bits per heavy atom. The van der Waals surface area contributed by atoms with Crippen LogP contribution in [0.1, 0.15) is 53.4 Å². The first-order valence-electron chi connectivity index (χ1n) is 8.80. The maximum Gasteiger partial charge on any atom is 0.0235 e. The molecule has 0 radical (unpaired) electrons. The van der Waals surface area contributed by atoms with E-state index in [2.05, 4.69) is 42.8 Å². The highest BCUT2D eigenvalue weighted by Gasteiger charge is 2.33. The molecule has 3 heteroatoms. The van der Waals surface area contributed by atoms with E-state index in [9.17, 15) is 0 Å². The van der Waals surface area contributed by atoms with Crippen LogP contribution in [0.15, 0.2) is 0 Å². The summed E-state index contributed by atoms with van der Waals surface area (Å²) in [5.74, 6) is 0. The van der Waals surface area contributed by atoms with E-state index in [1.54, 1.807) is 0 Å². The molecular weight excluding hydrogens is 246 g/mol. The molecule has 118 valence electrons. The van der Waals surface area contributed by atoms with Gasteiger partial charge in [-0.05, 0) is 50.7 Å². The molecule has 3 nitrogen and oxygen atoms in total. The van der Waals surface area contributed by atoms with Gasteiger partial charge in [-0.2, -0.15) is 0 Å². The lowest BCUT2D eigenvalue weighted by atomic mass is 9.86. The molecule has 2 fully saturated rings. The van der Waals surface area contributed by atoms with Gasteiger partial charge in [-0.3, -0.25) is 4.90 Å². The van der Waals surface area contributed by atoms with Crippen molar-refractivity contribution in [2.45, 2.75) is 65.5 Å². The topological polar surface area (TPSA) is 18.5 Å². The molecule has 0 amide bonds. The molecular formula is C17H35N3. The Bertz CT molecular complexity index is 286. The van der Waals surface area contributed by atoms with Crippen molar-refractivity contribution in [3.05, 3.63) is 0 Å². The van der Waals surface area contributed by atoms with Crippen LogP contribution in [-0.4, -0.2) is 61.2 Å². The van der Waals surface area contributed by atoms with E-state index < -0.39 is 0 Å². The minimum Gasteiger partial charge on any atom is -0.313 e. The van der Waals surface area contributed by atoms with E-state index >= 15 is 0 Å². The van der Waals surface area contributed by atoms with Gasteiger partial charge in [-0.15, -0.1) is 0 Å². The molecule has 0 bridgehead atoms. The molecule has 20 heavy (non-hydrogen) atoms. The molecule has 2 unspecified atom stereocenters. The molecule has 1 saturated heterocycles. The first kappa shape index (κ1) is 16.3. The van der Waals surface area contributed by atoms with Crippen molar-refractivity contribution < 1.29 is 0 Å². The van der Waals surface area contributed by atoms with E-state index in [0.29, 0.717) is 5.41 Å².